The van der Waals surface area contributed by atoms with Crippen molar-refractivity contribution >= 4 is 10.1 Å². The standard InChI is InChI=1S/C15H16O5S/c1-11-3-6-13(7-4-11)21(17,18)20-14-8-5-12(10-16)9-15(14)19-2/h3-9,16H,10H2,1-2H3. The van der Waals surface area contributed by atoms with Gasteiger partial charge in [-0.05, 0) is 36.8 Å². The van der Waals surface area contributed by atoms with Crippen molar-refractivity contribution in [2.45, 2.75) is 18.4 Å². The quantitative estimate of drug-likeness (QED) is 0.858. The third-order valence-electron chi connectivity index (χ3n) is 2.92. The van der Waals surface area contributed by atoms with Crippen LogP contribution in [-0.2, 0) is 16.7 Å². The van der Waals surface area contributed by atoms with Gasteiger partial charge in [-0.15, -0.1) is 0 Å². The van der Waals surface area contributed by atoms with Gasteiger partial charge in [-0.25, -0.2) is 0 Å². The molecular weight excluding hydrogens is 292 g/mol. The van der Waals surface area contributed by atoms with Crippen molar-refractivity contribution in [3.8, 4) is 11.5 Å². The van der Waals surface area contributed by atoms with Gasteiger partial charge >= 0.3 is 10.1 Å². The molecule has 0 atom stereocenters. The Morgan fingerprint density at radius 1 is 1.05 bits per heavy atom. The zero-order chi connectivity index (χ0) is 15.5. The molecule has 2 rings (SSSR count). The topological polar surface area (TPSA) is 72.8 Å². The van der Waals surface area contributed by atoms with E-state index in [9.17, 15) is 8.42 Å². The van der Waals surface area contributed by atoms with E-state index in [1.54, 1.807) is 18.2 Å². The minimum atomic E-state index is -3.92. The van der Waals surface area contributed by atoms with E-state index in [-0.39, 0.29) is 23.0 Å². The van der Waals surface area contributed by atoms with Crippen molar-refractivity contribution in [1.82, 2.24) is 0 Å². The van der Waals surface area contributed by atoms with Gasteiger partial charge in [0.25, 0.3) is 0 Å². The predicted octanol–water partition coefficient (Wildman–Crippen LogP) is 2.26. The summed E-state index contributed by atoms with van der Waals surface area (Å²) in [6.45, 7) is 1.70. The van der Waals surface area contributed by atoms with E-state index in [0.717, 1.165) is 5.56 Å². The van der Waals surface area contributed by atoms with Gasteiger partial charge in [-0.3, -0.25) is 0 Å². The summed E-state index contributed by atoms with van der Waals surface area (Å²) in [6, 6.07) is 10.9. The summed E-state index contributed by atoms with van der Waals surface area (Å²) in [4.78, 5) is 0.0707. The maximum atomic E-state index is 12.2. The lowest BCUT2D eigenvalue weighted by Crippen LogP contribution is -2.10. The molecule has 21 heavy (non-hydrogen) atoms. The van der Waals surface area contributed by atoms with Gasteiger partial charge in [0.1, 0.15) is 4.90 Å². The van der Waals surface area contributed by atoms with Crippen LogP contribution in [0.3, 0.4) is 0 Å². The molecule has 2 aromatic carbocycles. The maximum absolute atomic E-state index is 12.2. The summed E-state index contributed by atoms with van der Waals surface area (Å²) >= 11 is 0. The summed E-state index contributed by atoms with van der Waals surface area (Å²) in [7, 11) is -2.52. The smallest absolute Gasteiger partial charge is 0.339 e. The van der Waals surface area contributed by atoms with Crippen molar-refractivity contribution in [2.75, 3.05) is 7.11 Å². The second kappa shape index (κ2) is 6.15. The van der Waals surface area contributed by atoms with Crippen molar-refractivity contribution in [1.29, 1.82) is 0 Å². The molecule has 0 unspecified atom stereocenters. The summed E-state index contributed by atoms with van der Waals surface area (Å²) in [6.07, 6.45) is 0. The van der Waals surface area contributed by atoms with Crippen LogP contribution in [0.4, 0.5) is 0 Å². The first-order valence-electron chi connectivity index (χ1n) is 6.25. The SMILES string of the molecule is COc1cc(CO)ccc1OS(=O)(=O)c1ccc(C)cc1. The zero-order valence-corrected chi connectivity index (χ0v) is 12.6. The molecule has 0 aliphatic heterocycles. The van der Waals surface area contributed by atoms with Crippen LogP contribution >= 0.6 is 0 Å². The van der Waals surface area contributed by atoms with E-state index in [1.807, 2.05) is 6.92 Å². The molecule has 0 amide bonds. The normalized spacial score (nSPS) is 11.2. The lowest BCUT2D eigenvalue weighted by atomic mass is 10.2. The van der Waals surface area contributed by atoms with Crippen LogP contribution in [0.15, 0.2) is 47.4 Å². The van der Waals surface area contributed by atoms with Crippen LogP contribution in [0.25, 0.3) is 0 Å². The number of ether oxygens (including phenoxy) is 1. The molecule has 6 heteroatoms. The highest BCUT2D eigenvalue weighted by Crippen LogP contribution is 2.30. The fourth-order valence-corrected chi connectivity index (χ4v) is 2.69. The number of aliphatic hydroxyl groups is 1. The van der Waals surface area contributed by atoms with E-state index in [0.29, 0.717) is 5.56 Å². The third kappa shape index (κ3) is 3.53. The number of hydrogen-bond acceptors (Lipinski definition) is 5. The van der Waals surface area contributed by atoms with Gasteiger partial charge in [0.05, 0.1) is 13.7 Å². The lowest BCUT2D eigenvalue weighted by molar-refractivity contribution is 0.280. The molecule has 0 spiro atoms. The fraction of sp³-hybridized carbons (Fsp3) is 0.200. The Bertz CT molecular complexity index is 720. The first kappa shape index (κ1) is 15.3. The molecule has 0 radical (unpaired) electrons. The van der Waals surface area contributed by atoms with Crippen LogP contribution in [-0.4, -0.2) is 20.6 Å². The van der Waals surface area contributed by atoms with Gasteiger partial charge in [0, 0.05) is 0 Å². The second-order valence-corrected chi connectivity index (χ2v) is 6.04. The van der Waals surface area contributed by atoms with Crippen molar-refractivity contribution in [3.63, 3.8) is 0 Å². The molecule has 5 nitrogen and oxygen atoms in total. The highest BCUT2D eigenvalue weighted by Gasteiger charge is 2.19. The molecule has 0 saturated carbocycles. The first-order valence-corrected chi connectivity index (χ1v) is 7.66. The van der Waals surface area contributed by atoms with Gasteiger partial charge in [0.2, 0.25) is 0 Å². The van der Waals surface area contributed by atoms with E-state index in [1.165, 1.54) is 31.4 Å². The second-order valence-electron chi connectivity index (χ2n) is 4.49. The monoisotopic (exact) mass is 308 g/mol. The summed E-state index contributed by atoms with van der Waals surface area (Å²) in [5.74, 6) is 0.326. The Kier molecular flexibility index (Phi) is 4.50. The minimum Gasteiger partial charge on any atom is -0.493 e. The average Bonchev–Trinajstić information content (AvgIpc) is 2.47. The minimum absolute atomic E-state index is 0.0707. The summed E-state index contributed by atoms with van der Waals surface area (Å²) in [5, 5.41) is 9.07. The molecule has 0 aliphatic rings. The van der Waals surface area contributed by atoms with Crippen LogP contribution in [0, 0.1) is 6.92 Å². The Hall–Kier alpha value is -2.05. The number of hydrogen-bond donors (Lipinski definition) is 1. The first-order chi connectivity index (χ1) is 9.96. The number of methoxy groups -OCH3 is 1. The van der Waals surface area contributed by atoms with Gasteiger partial charge in [0.15, 0.2) is 11.5 Å². The molecule has 0 fully saturated rings. The Balaban J connectivity index is 2.34. The molecule has 2 aromatic rings. The van der Waals surface area contributed by atoms with Crippen LogP contribution in [0.5, 0.6) is 11.5 Å². The van der Waals surface area contributed by atoms with E-state index < -0.39 is 10.1 Å². The summed E-state index contributed by atoms with van der Waals surface area (Å²) < 4.78 is 34.6. The molecule has 0 heterocycles. The number of aliphatic hydroxyl groups excluding tert-OH is 1. The average molecular weight is 308 g/mol. The maximum Gasteiger partial charge on any atom is 0.339 e. The summed E-state index contributed by atoms with van der Waals surface area (Å²) in [5.41, 5.74) is 1.56. The number of aryl methyl sites for hydroxylation is 1. The van der Waals surface area contributed by atoms with Crippen LogP contribution in [0.2, 0.25) is 0 Å². The van der Waals surface area contributed by atoms with Gasteiger partial charge in [-0.1, -0.05) is 23.8 Å². The molecule has 112 valence electrons. The Morgan fingerprint density at radius 2 is 1.71 bits per heavy atom. The fourth-order valence-electron chi connectivity index (χ4n) is 1.75. The van der Waals surface area contributed by atoms with E-state index in [2.05, 4.69) is 0 Å². The largest absolute Gasteiger partial charge is 0.493 e. The molecule has 0 aromatic heterocycles. The Morgan fingerprint density at radius 3 is 2.29 bits per heavy atom. The van der Waals surface area contributed by atoms with Crippen LogP contribution in [0.1, 0.15) is 11.1 Å². The van der Waals surface area contributed by atoms with Crippen molar-refractivity contribution in [3.05, 3.63) is 53.6 Å². The molecule has 0 bridgehead atoms. The van der Waals surface area contributed by atoms with E-state index in [4.69, 9.17) is 14.0 Å². The Labute approximate surface area is 123 Å². The third-order valence-corrected chi connectivity index (χ3v) is 4.17. The van der Waals surface area contributed by atoms with E-state index >= 15 is 0 Å². The highest BCUT2D eigenvalue weighted by molar-refractivity contribution is 7.87. The predicted molar refractivity (Wildman–Crippen MR) is 77.9 cm³/mol. The number of rotatable bonds is 5. The lowest BCUT2D eigenvalue weighted by Gasteiger charge is -2.11. The number of benzene rings is 2. The van der Waals surface area contributed by atoms with Crippen molar-refractivity contribution < 1.29 is 22.4 Å². The molecular formula is C15H16O5S. The highest BCUT2D eigenvalue weighted by atomic mass is 32.2. The molecule has 0 saturated heterocycles. The molecule has 1 N–H and O–H groups in total. The van der Waals surface area contributed by atoms with Crippen LogP contribution < -0.4 is 8.92 Å². The zero-order valence-electron chi connectivity index (χ0n) is 11.7. The molecule has 0 aliphatic carbocycles. The van der Waals surface area contributed by atoms with Gasteiger partial charge < -0.3 is 14.0 Å². The van der Waals surface area contributed by atoms with Crippen molar-refractivity contribution in [2.24, 2.45) is 0 Å². The van der Waals surface area contributed by atoms with Gasteiger partial charge in [-0.2, -0.15) is 8.42 Å².